The second-order valence-electron chi connectivity index (χ2n) is 10.3. The molecule has 0 fully saturated rings. The van der Waals surface area contributed by atoms with Crippen LogP contribution in [0.15, 0.2) is 60.7 Å². The highest BCUT2D eigenvalue weighted by Crippen LogP contribution is 2.36. The maximum atomic E-state index is 13.6. The molecule has 0 heterocycles. The summed E-state index contributed by atoms with van der Waals surface area (Å²) in [6.45, 7) is 9.66. The zero-order chi connectivity index (χ0) is 27.4. The predicted octanol–water partition coefficient (Wildman–Crippen LogP) is 7.59. The van der Waals surface area contributed by atoms with E-state index in [1.807, 2.05) is 44.2 Å². The van der Waals surface area contributed by atoms with E-state index < -0.39 is 29.1 Å². The van der Waals surface area contributed by atoms with Crippen LogP contribution in [-0.2, 0) is 17.6 Å². The zero-order valence-corrected chi connectivity index (χ0v) is 21.9. The van der Waals surface area contributed by atoms with Crippen molar-refractivity contribution in [2.75, 3.05) is 0 Å². The predicted molar refractivity (Wildman–Crippen MR) is 140 cm³/mol. The van der Waals surface area contributed by atoms with E-state index in [2.05, 4.69) is 19.2 Å². The minimum Gasteiger partial charge on any atom is -0.487 e. The van der Waals surface area contributed by atoms with Gasteiger partial charge in [0.1, 0.15) is 12.4 Å². The zero-order valence-electron chi connectivity index (χ0n) is 21.9. The van der Waals surface area contributed by atoms with E-state index in [0.717, 1.165) is 23.9 Å². The molecule has 0 aliphatic rings. The van der Waals surface area contributed by atoms with Crippen molar-refractivity contribution in [3.63, 3.8) is 0 Å². The van der Waals surface area contributed by atoms with Crippen LogP contribution in [0.2, 0.25) is 0 Å². The van der Waals surface area contributed by atoms with E-state index in [0.29, 0.717) is 29.0 Å². The number of ether oxygens (including phenoxy) is 1. The fourth-order valence-corrected chi connectivity index (χ4v) is 4.90. The monoisotopic (exact) mass is 513 g/mol. The van der Waals surface area contributed by atoms with Crippen molar-refractivity contribution in [1.29, 1.82) is 0 Å². The number of hydrogen-bond donors (Lipinski definition) is 1. The second-order valence-corrected chi connectivity index (χ2v) is 10.3. The van der Waals surface area contributed by atoms with Gasteiger partial charge in [-0.15, -0.1) is 0 Å². The van der Waals surface area contributed by atoms with Crippen molar-refractivity contribution in [2.45, 2.75) is 66.3 Å². The van der Waals surface area contributed by atoms with Crippen LogP contribution in [0, 0.1) is 11.3 Å². The molecule has 4 nitrogen and oxygen atoms in total. The summed E-state index contributed by atoms with van der Waals surface area (Å²) in [6, 6.07) is 14.9. The third-order valence-electron chi connectivity index (χ3n) is 6.85. The van der Waals surface area contributed by atoms with E-state index in [1.54, 1.807) is 6.07 Å². The Labute approximate surface area is 216 Å². The third-order valence-corrected chi connectivity index (χ3v) is 6.85. The molecule has 1 amide bonds. The van der Waals surface area contributed by atoms with Crippen molar-refractivity contribution in [3.05, 3.63) is 77.4 Å². The number of carbonyl (C=O) groups is 2. The average Bonchev–Trinajstić information content (AvgIpc) is 2.84. The molecule has 37 heavy (non-hydrogen) atoms. The Hall–Kier alpha value is -3.35. The summed E-state index contributed by atoms with van der Waals surface area (Å²) in [4.78, 5) is 26.2. The third kappa shape index (κ3) is 6.70. The Morgan fingerprint density at radius 2 is 1.62 bits per heavy atom. The van der Waals surface area contributed by atoms with Gasteiger partial charge in [-0.3, -0.25) is 9.59 Å². The maximum absolute atomic E-state index is 13.6. The lowest BCUT2D eigenvalue weighted by Gasteiger charge is -2.37. The summed E-state index contributed by atoms with van der Waals surface area (Å²) in [5.74, 6) is 0.107. The van der Waals surface area contributed by atoms with Gasteiger partial charge in [0.05, 0.1) is 17.2 Å². The van der Waals surface area contributed by atoms with Crippen LogP contribution in [0.4, 0.5) is 13.2 Å². The van der Waals surface area contributed by atoms with Gasteiger partial charge in [-0.25, -0.2) is 0 Å². The number of fused-ring (bicyclic) bond motifs is 1. The van der Waals surface area contributed by atoms with Crippen LogP contribution in [0.25, 0.3) is 10.8 Å². The number of Topliss-reactive ketones (excluding diaryl/α,β-unsaturated/α-hetero) is 1. The van der Waals surface area contributed by atoms with Gasteiger partial charge < -0.3 is 10.1 Å². The van der Waals surface area contributed by atoms with Gasteiger partial charge in [-0.1, -0.05) is 70.2 Å². The maximum Gasteiger partial charge on any atom is 0.416 e. The topological polar surface area (TPSA) is 55.4 Å². The lowest BCUT2D eigenvalue weighted by atomic mass is 9.72. The first kappa shape index (κ1) is 28.2. The number of amides is 1. The number of halogens is 3. The van der Waals surface area contributed by atoms with Gasteiger partial charge in [0.15, 0.2) is 5.78 Å². The molecular formula is C30H34F3NO3. The molecule has 0 spiro atoms. The number of benzene rings is 3. The molecular weight excluding hydrogens is 479 g/mol. The Morgan fingerprint density at radius 3 is 2.19 bits per heavy atom. The lowest BCUT2D eigenvalue weighted by molar-refractivity contribution is -0.137. The normalized spacial score (nSPS) is 14.3. The summed E-state index contributed by atoms with van der Waals surface area (Å²) >= 11 is 0. The van der Waals surface area contributed by atoms with Gasteiger partial charge in [0, 0.05) is 5.39 Å². The first-order valence-corrected chi connectivity index (χ1v) is 12.5. The highest BCUT2D eigenvalue weighted by molar-refractivity contribution is 6.05. The number of nitrogens with one attached hydrogen (secondary N) is 1. The number of hydrogen-bond acceptors (Lipinski definition) is 3. The Kier molecular flexibility index (Phi) is 8.67. The van der Waals surface area contributed by atoms with Gasteiger partial charge in [0.2, 0.25) is 0 Å². The van der Waals surface area contributed by atoms with Crippen LogP contribution in [-0.4, -0.2) is 17.7 Å². The van der Waals surface area contributed by atoms with Crippen molar-refractivity contribution >= 4 is 22.5 Å². The smallest absolute Gasteiger partial charge is 0.416 e. The van der Waals surface area contributed by atoms with E-state index in [1.165, 1.54) is 19.1 Å². The molecule has 3 aromatic rings. The number of carbonyl (C=O) groups excluding carboxylic acids is 2. The van der Waals surface area contributed by atoms with E-state index in [4.69, 9.17) is 4.74 Å². The summed E-state index contributed by atoms with van der Waals surface area (Å²) in [7, 11) is 0. The highest BCUT2D eigenvalue weighted by atomic mass is 19.4. The van der Waals surface area contributed by atoms with Crippen molar-refractivity contribution in [2.24, 2.45) is 11.3 Å². The molecule has 0 aromatic heterocycles. The fraction of sp³-hybridized carbons (Fsp3) is 0.400. The van der Waals surface area contributed by atoms with Crippen LogP contribution >= 0.6 is 0 Å². The fourth-order valence-electron chi connectivity index (χ4n) is 4.90. The highest BCUT2D eigenvalue weighted by Gasteiger charge is 2.38. The molecule has 198 valence electrons. The molecule has 3 aromatic carbocycles. The van der Waals surface area contributed by atoms with Crippen LogP contribution in [0.3, 0.4) is 0 Å². The summed E-state index contributed by atoms with van der Waals surface area (Å²) in [5.41, 5.74) is -0.366. The first-order valence-electron chi connectivity index (χ1n) is 12.5. The Bertz CT molecular complexity index is 1250. The molecule has 0 aliphatic heterocycles. The molecule has 2 atom stereocenters. The minimum absolute atomic E-state index is 0.0252. The molecule has 0 aliphatic carbocycles. The molecule has 7 heteroatoms. The molecule has 2 unspecified atom stereocenters. The molecule has 1 N–H and O–H groups in total. The molecule has 3 rings (SSSR count). The summed E-state index contributed by atoms with van der Waals surface area (Å²) in [6.07, 6.45) is -2.94. The van der Waals surface area contributed by atoms with Crippen molar-refractivity contribution in [1.82, 2.24) is 5.32 Å². The Balaban J connectivity index is 1.95. The minimum atomic E-state index is -4.42. The SMILES string of the molecule is CCC(C)(CC(C)C)C(NC(=O)c1ccc2ccccc2c1OCc1ccc(C(F)(F)F)cc1)C(C)=O. The molecule has 0 radical (unpaired) electrons. The molecule has 0 saturated carbocycles. The first-order chi connectivity index (χ1) is 17.4. The van der Waals surface area contributed by atoms with E-state index in [9.17, 15) is 22.8 Å². The number of ketones is 1. The second kappa shape index (κ2) is 11.4. The Morgan fingerprint density at radius 1 is 0.973 bits per heavy atom. The standard InChI is InChI=1S/C30H34F3NO3/c1-6-29(5,17-19(2)3)27(20(4)35)34-28(36)25-16-13-22-9-7-8-10-24(22)26(25)37-18-21-11-14-23(15-12-21)30(31,32)33/h7-16,19,27H,6,17-18H2,1-5H3,(H,34,36). The van der Waals surface area contributed by atoms with E-state index in [-0.39, 0.29) is 18.0 Å². The molecule has 0 saturated heterocycles. The number of rotatable bonds is 10. The summed E-state index contributed by atoms with van der Waals surface area (Å²) in [5, 5.41) is 4.51. The molecule has 0 bridgehead atoms. The van der Waals surface area contributed by atoms with E-state index >= 15 is 0 Å². The largest absolute Gasteiger partial charge is 0.487 e. The van der Waals surface area contributed by atoms with Gasteiger partial charge >= 0.3 is 6.18 Å². The van der Waals surface area contributed by atoms with Crippen LogP contribution < -0.4 is 10.1 Å². The van der Waals surface area contributed by atoms with Gasteiger partial charge in [-0.05, 0) is 60.2 Å². The lowest BCUT2D eigenvalue weighted by Crippen LogP contribution is -2.51. The van der Waals surface area contributed by atoms with Gasteiger partial charge in [0.25, 0.3) is 5.91 Å². The van der Waals surface area contributed by atoms with Crippen LogP contribution in [0.5, 0.6) is 5.75 Å². The number of alkyl halides is 3. The van der Waals surface area contributed by atoms with Gasteiger partial charge in [-0.2, -0.15) is 13.2 Å². The summed E-state index contributed by atoms with van der Waals surface area (Å²) < 4.78 is 44.9. The quantitative estimate of drug-likeness (QED) is 0.304. The average molecular weight is 514 g/mol. The van der Waals surface area contributed by atoms with Crippen LogP contribution in [0.1, 0.15) is 68.9 Å². The van der Waals surface area contributed by atoms with Crippen molar-refractivity contribution in [3.8, 4) is 5.75 Å². The van der Waals surface area contributed by atoms with Crippen molar-refractivity contribution < 1.29 is 27.5 Å².